The summed E-state index contributed by atoms with van der Waals surface area (Å²) >= 11 is 0. The lowest BCUT2D eigenvalue weighted by Gasteiger charge is -2.12. The largest absolute Gasteiger partial charge is 0.493 e. The van der Waals surface area contributed by atoms with Crippen LogP contribution in [0.15, 0.2) is 36.4 Å². The van der Waals surface area contributed by atoms with E-state index in [4.69, 9.17) is 9.47 Å². The Morgan fingerprint density at radius 3 is 2.43 bits per heavy atom. The van der Waals surface area contributed by atoms with Crippen molar-refractivity contribution in [3.63, 3.8) is 0 Å². The number of hydrogen-bond acceptors (Lipinski definition) is 4. The number of aryl methyl sites for hydroxylation is 2. The molecule has 2 N–H and O–H groups in total. The Bertz CT molecular complexity index is 699. The second-order valence-electron chi connectivity index (χ2n) is 5.29. The zero-order chi connectivity index (χ0) is 16.8. The molecule has 0 saturated carbocycles. The summed E-state index contributed by atoms with van der Waals surface area (Å²) < 4.78 is 10.4. The molecule has 0 bridgehead atoms. The van der Waals surface area contributed by atoms with E-state index in [1.54, 1.807) is 32.4 Å². The molecule has 0 spiro atoms. The van der Waals surface area contributed by atoms with Crippen LogP contribution in [-0.4, -0.2) is 26.7 Å². The summed E-state index contributed by atoms with van der Waals surface area (Å²) in [5.74, 6) is 1.07. The van der Waals surface area contributed by atoms with Gasteiger partial charge in [0.1, 0.15) is 0 Å². The Morgan fingerprint density at radius 1 is 1.00 bits per heavy atom. The molecular weight excluding hydrogens is 292 g/mol. The normalized spacial score (nSPS) is 10.1. The molecule has 0 aliphatic rings. The summed E-state index contributed by atoms with van der Waals surface area (Å²) in [6.45, 7) is 4.22. The highest BCUT2D eigenvalue weighted by Crippen LogP contribution is 2.29. The van der Waals surface area contributed by atoms with Crippen molar-refractivity contribution in [2.24, 2.45) is 0 Å². The molecule has 2 aromatic rings. The van der Waals surface area contributed by atoms with Crippen LogP contribution in [0.3, 0.4) is 0 Å². The van der Waals surface area contributed by atoms with Gasteiger partial charge in [0, 0.05) is 17.4 Å². The summed E-state index contributed by atoms with van der Waals surface area (Å²) in [7, 11) is 3.13. The van der Waals surface area contributed by atoms with Gasteiger partial charge in [-0.05, 0) is 43.2 Å². The monoisotopic (exact) mass is 314 g/mol. The van der Waals surface area contributed by atoms with Crippen molar-refractivity contribution in [3.05, 3.63) is 47.5 Å². The maximum absolute atomic E-state index is 12.1. The average Bonchev–Trinajstić information content (AvgIpc) is 2.55. The third kappa shape index (κ3) is 4.39. The van der Waals surface area contributed by atoms with E-state index in [1.165, 1.54) is 0 Å². The highest BCUT2D eigenvalue weighted by Gasteiger charge is 2.08. The van der Waals surface area contributed by atoms with E-state index in [9.17, 15) is 4.79 Å². The molecule has 5 heteroatoms. The molecule has 0 fully saturated rings. The fourth-order valence-corrected chi connectivity index (χ4v) is 2.22. The second kappa shape index (κ2) is 7.54. The van der Waals surface area contributed by atoms with Crippen LogP contribution in [0.5, 0.6) is 11.5 Å². The number of amides is 1. The quantitative estimate of drug-likeness (QED) is 0.858. The van der Waals surface area contributed by atoms with Crippen molar-refractivity contribution in [3.8, 4) is 11.5 Å². The summed E-state index contributed by atoms with van der Waals surface area (Å²) in [5, 5.41) is 5.99. The van der Waals surface area contributed by atoms with Crippen LogP contribution in [0.1, 0.15) is 11.1 Å². The van der Waals surface area contributed by atoms with Gasteiger partial charge in [-0.1, -0.05) is 12.1 Å². The van der Waals surface area contributed by atoms with Crippen molar-refractivity contribution < 1.29 is 14.3 Å². The lowest BCUT2D eigenvalue weighted by Crippen LogP contribution is -2.22. The predicted octanol–water partition coefficient (Wildman–Crippen LogP) is 3.37. The molecule has 0 saturated heterocycles. The van der Waals surface area contributed by atoms with Crippen LogP contribution in [0.25, 0.3) is 0 Å². The van der Waals surface area contributed by atoms with Gasteiger partial charge in [0.15, 0.2) is 11.5 Å². The molecule has 2 rings (SSSR count). The predicted molar refractivity (Wildman–Crippen MR) is 92.6 cm³/mol. The number of hydrogen-bond donors (Lipinski definition) is 2. The van der Waals surface area contributed by atoms with E-state index in [2.05, 4.69) is 10.6 Å². The van der Waals surface area contributed by atoms with Gasteiger partial charge < -0.3 is 20.1 Å². The minimum atomic E-state index is -0.127. The molecule has 2 aromatic carbocycles. The van der Waals surface area contributed by atoms with Crippen LogP contribution in [0.4, 0.5) is 11.4 Å². The molecule has 0 heterocycles. The highest BCUT2D eigenvalue weighted by molar-refractivity contribution is 5.94. The fourth-order valence-electron chi connectivity index (χ4n) is 2.22. The lowest BCUT2D eigenvalue weighted by atomic mass is 10.1. The van der Waals surface area contributed by atoms with Gasteiger partial charge in [0.2, 0.25) is 5.91 Å². The average molecular weight is 314 g/mol. The van der Waals surface area contributed by atoms with Crippen molar-refractivity contribution in [1.82, 2.24) is 0 Å². The first-order valence-corrected chi connectivity index (χ1v) is 7.36. The maximum atomic E-state index is 12.1. The standard InChI is InChI=1S/C18H22N2O3/c1-12-5-6-13(2)15(9-12)19-11-18(21)20-14-7-8-16(22-3)17(10-14)23-4/h5-10,19H,11H2,1-4H3,(H,20,21). The number of methoxy groups -OCH3 is 2. The maximum Gasteiger partial charge on any atom is 0.243 e. The Morgan fingerprint density at radius 2 is 1.74 bits per heavy atom. The summed E-state index contributed by atoms with van der Waals surface area (Å²) in [5.41, 5.74) is 3.88. The minimum absolute atomic E-state index is 0.127. The number of ether oxygens (including phenoxy) is 2. The third-order valence-corrected chi connectivity index (χ3v) is 3.50. The molecule has 5 nitrogen and oxygen atoms in total. The Labute approximate surface area is 136 Å². The third-order valence-electron chi connectivity index (χ3n) is 3.50. The van der Waals surface area contributed by atoms with Crippen LogP contribution in [0.2, 0.25) is 0 Å². The Balaban J connectivity index is 1.98. The molecule has 0 aliphatic carbocycles. The molecule has 0 radical (unpaired) electrons. The summed E-state index contributed by atoms with van der Waals surface area (Å²) in [6.07, 6.45) is 0. The van der Waals surface area contributed by atoms with Gasteiger partial charge in [-0.15, -0.1) is 0 Å². The Kier molecular flexibility index (Phi) is 5.46. The smallest absolute Gasteiger partial charge is 0.243 e. The van der Waals surface area contributed by atoms with Crippen LogP contribution in [-0.2, 0) is 4.79 Å². The molecular formula is C18H22N2O3. The molecule has 23 heavy (non-hydrogen) atoms. The molecule has 122 valence electrons. The number of carbonyl (C=O) groups excluding carboxylic acids is 1. The number of anilines is 2. The molecule has 0 atom stereocenters. The van der Waals surface area contributed by atoms with Crippen molar-refractivity contribution in [2.45, 2.75) is 13.8 Å². The summed E-state index contributed by atoms with van der Waals surface area (Å²) in [6, 6.07) is 11.4. The molecule has 1 amide bonds. The fraction of sp³-hybridized carbons (Fsp3) is 0.278. The number of rotatable bonds is 6. The van der Waals surface area contributed by atoms with Crippen molar-refractivity contribution in [2.75, 3.05) is 31.4 Å². The first kappa shape index (κ1) is 16.7. The highest BCUT2D eigenvalue weighted by atomic mass is 16.5. The topological polar surface area (TPSA) is 59.6 Å². The van der Waals surface area contributed by atoms with Crippen molar-refractivity contribution >= 4 is 17.3 Å². The van der Waals surface area contributed by atoms with E-state index in [1.807, 2.05) is 32.0 Å². The number of benzene rings is 2. The van der Waals surface area contributed by atoms with E-state index < -0.39 is 0 Å². The van der Waals surface area contributed by atoms with Gasteiger partial charge in [-0.25, -0.2) is 0 Å². The van der Waals surface area contributed by atoms with Crippen molar-refractivity contribution in [1.29, 1.82) is 0 Å². The first-order chi connectivity index (χ1) is 11.0. The van der Waals surface area contributed by atoms with Crippen LogP contribution < -0.4 is 20.1 Å². The van der Waals surface area contributed by atoms with E-state index in [0.717, 1.165) is 16.8 Å². The second-order valence-corrected chi connectivity index (χ2v) is 5.29. The SMILES string of the molecule is COc1ccc(NC(=O)CNc2cc(C)ccc2C)cc1OC. The van der Waals surface area contributed by atoms with Gasteiger partial charge in [0.25, 0.3) is 0 Å². The zero-order valence-corrected chi connectivity index (χ0v) is 13.9. The zero-order valence-electron chi connectivity index (χ0n) is 13.9. The first-order valence-electron chi connectivity index (χ1n) is 7.36. The van der Waals surface area contributed by atoms with Gasteiger partial charge in [-0.3, -0.25) is 4.79 Å². The van der Waals surface area contributed by atoms with Gasteiger partial charge >= 0.3 is 0 Å². The van der Waals surface area contributed by atoms with Gasteiger partial charge in [0.05, 0.1) is 20.8 Å². The minimum Gasteiger partial charge on any atom is -0.493 e. The number of nitrogens with one attached hydrogen (secondary N) is 2. The molecule has 0 aromatic heterocycles. The van der Waals surface area contributed by atoms with E-state index in [0.29, 0.717) is 17.2 Å². The Hall–Kier alpha value is -2.69. The van der Waals surface area contributed by atoms with Crippen LogP contribution in [0, 0.1) is 13.8 Å². The van der Waals surface area contributed by atoms with Crippen LogP contribution >= 0.6 is 0 Å². The molecule has 0 aliphatic heterocycles. The molecule has 0 unspecified atom stereocenters. The van der Waals surface area contributed by atoms with E-state index in [-0.39, 0.29) is 12.5 Å². The van der Waals surface area contributed by atoms with E-state index >= 15 is 0 Å². The summed E-state index contributed by atoms with van der Waals surface area (Å²) in [4.78, 5) is 12.1. The number of carbonyl (C=O) groups is 1. The van der Waals surface area contributed by atoms with Gasteiger partial charge in [-0.2, -0.15) is 0 Å². The lowest BCUT2D eigenvalue weighted by molar-refractivity contribution is -0.114.